The third-order valence-electron chi connectivity index (χ3n) is 6.21. The van der Waals surface area contributed by atoms with Crippen molar-refractivity contribution < 1.29 is 40.7 Å². The molecule has 206 valence electrons. The second-order valence-electron chi connectivity index (χ2n) is 9.20. The number of ketones is 1. The summed E-state index contributed by atoms with van der Waals surface area (Å²) in [5.41, 5.74) is -1.05. The number of methoxy groups -OCH3 is 1. The number of hydrogen-bond donors (Lipinski definition) is 1. The lowest BCUT2D eigenvalue weighted by molar-refractivity contribution is -0.138. The Morgan fingerprint density at radius 1 is 1.03 bits per heavy atom. The fourth-order valence-corrected chi connectivity index (χ4v) is 4.30. The predicted octanol–water partition coefficient (Wildman–Crippen LogP) is 4.37. The maximum absolute atomic E-state index is 13.4. The van der Waals surface area contributed by atoms with Crippen LogP contribution in [-0.2, 0) is 27.4 Å². The number of sulfone groups is 1. The van der Waals surface area contributed by atoms with E-state index in [4.69, 9.17) is 9.47 Å². The van der Waals surface area contributed by atoms with Crippen molar-refractivity contribution in [2.24, 2.45) is 5.41 Å². The molecule has 0 radical (unpaired) electrons. The van der Waals surface area contributed by atoms with E-state index in [0.717, 1.165) is 24.7 Å². The SMILES string of the molecule is COc1ccc(Oc2ccc(CNC(=O)C3(CC(=O)c4cnc(S(C)(=O)=O)nc4)CC3)cc2)c(C(F)(F)F)c1. The lowest BCUT2D eigenvalue weighted by atomic mass is 9.95. The van der Waals surface area contributed by atoms with Gasteiger partial charge in [0, 0.05) is 31.6 Å². The molecule has 0 aliphatic heterocycles. The summed E-state index contributed by atoms with van der Waals surface area (Å²) in [5.74, 6) is -0.830. The number of nitrogens with zero attached hydrogens (tertiary/aromatic N) is 2. The molecule has 2 aromatic carbocycles. The van der Waals surface area contributed by atoms with Crippen molar-refractivity contribution in [3.05, 3.63) is 71.5 Å². The van der Waals surface area contributed by atoms with Crippen molar-refractivity contribution in [3.8, 4) is 17.2 Å². The van der Waals surface area contributed by atoms with Gasteiger partial charge in [-0.05, 0) is 48.7 Å². The summed E-state index contributed by atoms with van der Waals surface area (Å²) in [4.78, 5) is 32.9. The molecular formula is C26H24F3N3O6S. The van der Waals surface area contributed by atoms with Gasteiger partial charge >= 0.3 is 6.18 Å². The van der Waals surface area contributed by atoms with Crippen molar-refractivity contribution in [2.45, 2.75) is 37.1 Å². The minimum atomic E-state index is -4.64. The first-order valence-electron chi connectivity index (χ1n) is 11.7. The molecule has 0 bridgehead atoms. The van der Waals surface area contributed by atoms with Crippen molar-refractivity contribution in [2.75, 3.05) is 13.4 Å². The van der Waals surface area contributed by atoms with Crippen LogP contribution in [0.1, 0.15) is 40.7 Å². The molecule has 1 heterocycles. The molecule has 0 atom stereocenters. The summed E-state index contributed by atoms with van der Waals surface area (Å²) in [5, 5.41) is 2.40. The average molecular weight is 564 g/mol. The fraction of sp³-hybridized carbons (Fsp3) is 0.308. The summed E-state index contributed by atoms with van der Waals surface area (Å²) >= 11 is 0. The highest BCUT2D eigenvalue weighted by molar-refractivity contribution is 7.90. The molecule has 13 heteroatoms. The highest BCUT2D eigenvalue weighted by Crippen LogP contribution is 2.49. The summed E-state index contributed by atoms with van der Waals surface area (Å²) in [6, 6.07) is 9.60. The number of carbonyl (C=O) groups is 2. The van der Waals surface area contributed by atoms with Crippen LogP contribution in [0.4, 0.5) is 13.2 Å². The number of halogens is 3. The van der Waals surface area contributed by atoms with E-state index in [1.165, 1.54) is 31.4 Å². The molecule has 0 saturated heterocycles. The normalized spacial score (nSPS) is 14.4. The molecule has 39 heavy (non-hydrogen) atoms. The zero-order valence-electron chi connectivity index (χ0n) is 20.9. The van der Waals surface area contributed by atoms with Crippen molar-refractivity contribution in [1.29, 1.82) is 0 Å². The van der Waals surface area contributed by atoms with Crippen LogP contribution in [0.15, 0.2) is 60.0 Å². The van der Waals surface area contributed by atoms with Gasteiger partial charge < -0.3 is 14.8 Å². The Labute approximate surface area is 222 Å². The highest BCUT2D eigenvalue weighted by Gasteiger charge is 2.51. The lowest BCUT2D eigenvalue weighted by Crippen LogP contribution is -2.33. The number of nitrogens with one attached hydrogen (secondary N) is 1. The third-order valence-corrected chi connectivity index (χ3v) is 7.09. The van der Waals surface area contributed by atoms with Crippen LogP contribution in [0.25, 0.3) is 0 Å². The number of alkyl halides is 3. The molecule has 4 rings (SSSR count). The van der Waals surface area contributed by atoms with Crippen LogP contribution >= 0.6 is 0 Å². The van der Waals surface area contributed by atoms with E-state index < -0.39 is 27.0 Å². The van der Waals surface area contributed by atoms with Gasteiger partial charge in [-0.15, -0.1) is 0 Å². The van der Waals surface area contributed by atoms with Gasteiger partial charge in [0.2, 0.25) is 20.9 Å². The third kappa shape index (κ3) is 6.72. The van der Waals surface area contributed by atoms with Gasteiger partial charge in [-0.25, -0.2) is 18.4 Å². The molecule has 1 aliphatic rings. The van der Waals surface area contributed by atoms with E-state index in [1.54, 1.807) is 12.1 Å². The summed E-state index contributed by atoms with van der Waals surface area (Å²) in [7, 11) is -2.33. The smallest absolute Gasteiger partial charge is 0.420 e. The Kier molecular flexibility index (Phi) is 7.64. The van der Waals surface area contributed by atoms with Gasteiger partial charge in [-0.2, -0.15) is 13.2 Å². The van der Waals surface area contributed by atoms with Crippen LogP contribution in [0.2, 0.25) is 0 Å². The molecule has 1 fully saturated rings. The van der Waals surface area contributed by atoms with Gasteiger partial charge in [0.05, 0.1) is 18.1 Å². The second kappa shape index (κ2) is 10.6. The van der Waals surface area contributed by atoms with Crippen LogP contribution < -0.4 is 14.8 Å². The minimum Gasteiger partial charge on any atom is -0.497 e. The lowest BCUT2D eigenvalue weighted by Gasteiger charge is -2.16. The first kappa shape index (κ1) is 28.0. The molecule has 0 unspecified atom stereocenters. The number of aromatic nitrogens is 2. The number of carbonyl (C=O) groups excluding carboxylic acids is 2. The van der Waals surface area contributed by atoms with E-state index in [0.29, 0.717) is 18.4 Å². The Hall–Kier alpha value is -4.00. The quantitative estimate of drug-likeness (QED) is 0.285. The number of benzene rings is 2. The highest BCUT2D eigenvalue weighted by atomic mass is 32.2. The van der Waals surface area contributed by atoms with Crippen LogP contribution in [-0.4, -0.2) is 43.4 Å². The minimum absolute atomic E-state index is 0.0501. The Bertz CT molecular complexity index is 1490. The number of rotatable bonds is 10. The maximum Gasteiger partial charge on any atom is 0.420 e. The van der Waals surface area contributed by atoms with Gasteiger partial charge in [0.25, 0.3) is 0 Å². The van der Waals surface area contributed by atoms with E-state index in [9.17, 15) is 31.2 Å². The molecule has 1 N–H and O–H groups in total. The summed E-state index contributed by atoms with van der Waals surface area (Å²) in [6.45, 7) is 0.136. The molecule has 1 aliphatic carbocycles. The Morgan fingerprint density at radius 3 is 2.18 bits per heavy atom. The standard InChI is InChI=1S/C26H24F3N3O6S/c1-37-19-7-8-22(20(11-19)26(27,28)29)38-18-5-3-16(4-6-18)13-30-23(34)25(9-10-25)12-21(33)17-14-31-24(32-15-17)39(2,35)36/h3-8,11,14-15H,9-10,12-13H2,1-2H3,(H,30,34). The maximum atomic E-state index is 13.4. The largest absolute Gasteiger partial charge is 0.497 e. The first-order chi connectivity index (χ1) is 18.3. The summed E-state index contributed by atoms with van der Waals surface area (Å²) < 4.78 is 73.5. The van der Waals surface area contributed by atoms with Gasteiger partial charge in [-0.1, -0.05) is 12.1 Å². The van der Waals surface area contributed by atoms with Gasteiger partial charge in [0.15, 0.2) is 5.78 Å². The molecule has 1 aromatic heterocycles. The number of amides is 1. The number of hydrogen-bond acceptors (Lipinski definition) is 8. The number of Topliss-reactive ketones (excluding diaryl/α,β-unsaturated/α-hetero) is 1. The fourth-order valence-electron chi connectivity index (χ4n) is 3.81. The van der Waals surface area contributed by atoms with Crippen LogP contribution in [0, 0.1) is 5.41 Å². The van der Waals surface area contributed by atoms with Crippen molar-refractivity contribution >= 4 is 21.5 Å². The van der Waals surface area contributed by atoms with Crippen molar-refractivity contribution in [1.82, 2.24) is 15.3 Å². The van der Waals surface area contributed by atoms with E-state index in [1.807, 2.05) is 0 Å². The molecule has 1 amide bonds. The predicted molar refractivity (Wildman–Crippen MR) is 132 cm³/mol. The molecule has 3 aromatic rings. The zero-order chi connectivity index (χ0) is 28.4. The molecule has 9 nitrogen and oxygen atoms in total. The van der Waals surface area contributed by atoms with Crippen molar-refractivity contribution in [3.63, 3.8) is 0 Å². The van der Waals surface area contributed by atoms with E-state index in [2.05, 4.69) is 15.3 Å². The molecule has 0 spiro atoms. The topological polar surface area (TPSA) is 125 Å². The Morgan fingerprint density at radius 2 is 1.64 bits per heavy atom. The molecule has 1 saturated carbocycles. The first-order valence-corrected chi connectivity index (χ1v) is 13.6. The van der Waals surface area contributed by atoms with Gasteiger partial charge in [-0.3, -0.25) is 9.59 Å². The number of ether oxygens (including phenoxy) is 2. The monoisotopic (exact) mass is 563 g/mol. The van der Waals surface area contributed by atoms with E-state index >= 15 is 0 Å². The second-order valence-corrected chi connectivity index (χ2v) is 11.1. The summed E-state index contributed by atoms with van der Waals surface area (Å²) in [6.07, 6.45) is -0.456. The Balaban J connectivity index is 1.35. The van der Waals surface area contributed by atoms with Crippen LogP contribution in [0.5, 0.6) is 17.2 Å². The van der Waals surface area contributed by atoms with Gasteiger partial charge in [0.1, 0.15) is 22.8 Å². The zero-order valence-corrected chi connectivity index (χ0v) is 21.7. The molecular weight excluding hydrogens is 539 g/mol. The average Bonchev–Trinajstić information content (AvgIpc) is 3.68. The van der Waals surface area contributed by atoms with E-state index in [-0.39, 0.29) is 52.6 Å². The van der Waals surface area contributed by atoms with Crippen LogP contribution in [0.3, 0.4) is 0 Å².